The van der Waals surface area contributed by atoms with Crippen molar-refractivity contribution in [2.24, 2.45) is 22.7 Å². The minimum Gasteiger partial charge on any atom is -0.392 e. The highest BCUT2D eigenvalue weighted by molar-refractivity contribution is 5.28. The maximum Gasteiger partial charge on any atom is 0.0664 e. The Morgan fingerprint density at radius 1 is 1.06 bits per heavy atom. The van der Waals surface area contributed by atoms with E-state index in [-0.39, 0.29) is 29.1 Å². The number of allylic oxidation sites excluding steroid dienone is 3. The molecule has 4 aliphatic carbocycles. The van der Waals surface area contributed by atoms with Gasteiger partial charge in [-0.1, -0.05) is 44.1 Å². The summed E-state index contributed by atoms with van der Waals surface area (Å²) >= 11 is 0. The smallest absolute Gasteiger partial charge is 0.0664 e. The molecule has 0 aromatic heterocycles. The molecule has 0 amide bonds. The molecular formula is C29H48O4. The van der Waals surface area contributed by atoms with Gasteiger partial charge >= 0.3 is 0 Å². The molecule has 0 aromatic carbocycles. The Morgan fingerprint density at radius 3 is 2.33 bits per heavy atom. The van der Waals surface area contributed by atoms with Crippen LogP contribution in [0.3, 0.4) is 0 Å². The standard InChI is InChI=1S/C29H48O4/c1-5-28(32,6-2)16-17-33-20(3)23-11-12-24-22(8-7-13-27(23,24)4)10-9-21-18-25(30)29(14-15-29)26(31)19-21/h9-10,20,23-26,30-32H,5-8,11-19H2,1-4H3/t20-,23?,24?,25-,26-,27?/m1/s1. The van der Waals surface area contributed by atoms with Crippen LogP contribution in [0.5, 0.6) is 0 Å². The van der Waals surface area contributed by atoms with Crippen molar-refractivity contribution in [3.63, 3.8) is 0 Å². The lowest BCUT2D eigenvalue weighted by atomic mass is 9.62. The fraction of sp³-hybridized carbons (Fsp3) is 0.862. The van der Waals surface area contributed by atoms with Crippen LogP contribution in [-0.2, 0) is 4.74 Å². The third-order valence-corrected chi connectivity index (χ3v) is 10.5. The lowest BCUT2D eigenvalue weighted by Gasteiger charge is -2.44. The predicted molar refractivity (Wildman–Crippen MR) is 133 cm³/mol. The molecule has 0 saturated heterocycles. The van der Waals surface area contributed by atoms with Crippen LogP contribution in [0, 0.1) is 22.7 Å². The van der Waals surface area contributed by atoms with E-state index in [0.29, 0.717) is 18.4 Å². The van der Waals surface area contributed by atoms with Crippen molar-refractivity contribution < 1.29 is 20.1 Å². The Labute approximate surface area is 201 Å². The maximum atomic E-state index is 10.6. The average Bonchev–Trinajstić information content (AvgIpc) is 3.52. The first-order chi connectivity index (χ1) is 15.7. The minimum atomic E-state index is -0.588. The van der Waals surface area contributed by atoms with Gasteiger partial charge in [0.1, 0.15) is 0 Å². The predicted octanol–water partition coefficient (Wildman–Crippen LogP) is 5.70. The van der Waals surface area contributed by atoms with Gasteiger partial charge in [-0.15, -0.1) is 0 Å². The second kappa shape index (κ2) is 9.76. The Bertz CT molecular complexity index is 731. The molecule has 0 heterocycles. The molecule has 4 heteroatoms. The van der Waals surface area contributed by atoms with Gasteiger partial charge in [-0.25, -0.2) is 0 Å². The first-order valence-corrected chi connectivity index (χ1v) is 13.8. The van der Waals surface area contributed by atoms with Crippen LogP contribution in [0.2, 0.25) is 0 Å². The zero-order valence-electron chi connectivity index (χ0n) is 21.5. The van der Waals surface area contributed by atoms with E-state index in [1.807, 2.05) is 0 Å². The van der Waals surface area contributed by atoms with E-state index in [2.05, 4.69) is 39.8 Å². The van der Waals surface area contributed by atoms with Crippen LogP contribution in [0.1, 0.15) is 105 Å². The molecule has 0 aromatic rings. The van der Waals surface area contributed by atoms with Gasteiger partial charge in [0.2, 0.25) is 0 Å². The Hall–Kier alpha value is -0.680. The van der Waals surface area contributed by atoms with Crippen LogP contribution >= 0.6 is 0 Å². The number of hydrogen-bond donors (Lipinski definition) is 3. The molecule has 3 unspecified atom stereocenters. The van der Waals surface area contributed by atoms with Crippen molar-refractivity contribution in [1.82, 2.24) is 0 Å². The second-order valence-electron chi connectivity index (χ2n) is 12.1. The zero-order chi connectivity index (χ0) is 23.9. The maximum absolute atomic E-state index is 10.6. The van der Waals surface area contributed by atoms with Gasteiger partial charge in [0.25, 0.3) is 0 Å². The van der Waals surface area contributed by atoms with Crippen LogP contribution < -0.4 is 0 Å². The first-order valence-electron chi connectivity index (χ1n) is 13.8. The van der Waals surface area contributed by atoms with Crippen LogP contribution in [0.4, 0.5) is 0 Å². The quantitative estimate of drug-likeness (QED) is 0.435. The van der Waals surface area contributed by atoms with Crippen molar-refractivity contribution in [1.29, 1.82) is 0 Å². The Kier molecular flexibility index (Phi) is 7.51. The topological polar surface area (TPSA) is 69.9 Å². The lowest BCUT2D eigenvalue weighted by Crippen LogP contribution is -2.39. The van der Waals surface area contributed by atoms with E-state index in [1.165, 1.54) is 37.7 Å². The molecule has 4 saturated carbocycles. The van der Waals surface area contributed by atoms with E-state index in [9.17, 15) is 15.3 Å². The lowest BCUT2D eigenvalue weighted by molar-refractivity contribution is -0.0559. The van der Waals surface area contributed by atoms with Gasteiger partial charge in [-0.2, -0.15) is 0 Å². The Morgan fingerprint density at radius 2 is 1.73 bits per heavy atom. The van der Waals surface area contributed by atoms with Crippen molar-refractivity contribution >= 4 is 0 Å². The van der Waals surface area contributed by atoms with E-state index < -0.39 is 5.60 Å². The summed E-state index contributed by atoms with van der Waals surface area (Å²) in [4.78, 5) is 0. The zero-order valence-corrected chi connectivity index (χ0v) is 21.5. The molecule has 4 aliphatic rings. The molecule has 0 bridgehead atoms. The SMILES string of the molecule is CCC(O)(CC)CCO[C@H](C)C1CCC2C(=CC=C3C[C@@H](O)C4(CC4)[C@H](O)C3)CCCC21C. The van der Waals surface area contributed by atoms with E-state index in [4.69, 9.17) is 4.74 Å². The van der Waals surface area contributed by atoms with Gasteiger partial charge in [-0.3, -0.25) is 0 Å². The average molecular weight is 461 g/mol. The second-order valence-corrected chi connectivity index (χ2v) is 12.1. The monoisotopic (exact) mass is 460 g/mol. The highest BCUT2D eigenvalue weighted by atomic mass is 16.5. The summed E-state index contributed by atoms with van der Waals surface area (Å²) < 4.78 is 6.33. The number of ether oxygens (including phenoxy) is 1. The summed E-state index contributed by atoms with van der Waals surface area (Å²) in [6.45, 7) is 9.47. The first kappa shape index (κ1) is 25.4. The van der Waals surface area contributed by atoms with Crippen LogP contribution in [-0.4, -0.2) is 45.8 Å². The Balaban J connectivity index is 1.39. The molecule has 0 aliphatic heterocycles. The van der Waals surface area contributed by atoms with Gasteiger partial charge in [0.15, 0.2) is 0 Å². The summed E-state index contributed by atoms with van der Waals surface area (Å²) in [6, 6.07) is 0. The highest BCUT2D eigenvalue weighted by Crippen LogP contribution is 2.59. The van der Waals surface area contributed by atoms with Crippen molar-refractivity contribution in [3.05, 3.63) is 23.3 Å². The highest BCUT2D eigenvalue weighted by Gasteiger charge is 2.56. The molecule has 6 atom stereocenters. The minimum absolute atomic E-state index is 0.188. The van der Waals surface area contributed by atoms with Crippen molar-refractivity contribution in [3.8, 4) is 0 Å². The summed E-state index contributed by atoms with van der Waals surface area (Å²) in [7, 11) is 0. The van der Waals surface area contributed by atoms with E-state index in [0.717, 1.165) is 44.9 Å². The number of aliphatic hydroxyl groups excluding tert-OH is 2. The van der Waals surface area contributed by atoms with Gasteiger partial charge in [0.05, 0.1) is 23.9 Å². The fourth-order valence-electron chi connectivity index (χ4n) is 7.59. The molecule has 4 rings (SSSR count). The summed E-state index contributed by atoms with van der Waals surface area (Å²) in [6.07, 6.45) is 15.8. The summed E-state index contributed by atoms with van der Waals surface area (Å²) in [5.41, 5.74) is 2.27. The van der Waals surface area contributed by atoms with E-state index >= 15 is 0 Å². The molecular weight excluding hydrogens is 412 g/mol. The number of rotatable bonds is 8. The third kappa shape index (κ3) is 4.87. The van der Waals surface area contributed by atoms with Crippen molar-refractivity contribution in [2.75, 3.05) is 6.61 Å². The van der Waals surface area contributed by atoms with Crippen molar-refractivity contribution in [2.45, 2.75) is 129 Å². The normalized spacial score (nSPS) is 37.9. The molecule has 188 valence electrons. The third-order valence-electron chi connectivity index (χ3n) is 10.5. The molecule has 4 fully saturated rings. The summed E-state index contributed by atoms with van der Waals surface area (Å²) in [5, 5.41) is 31.7. The molecule has 4 nitrogen and oxygen atoms in total. The summed E-state index contributed by atoms with van der Waals surface area (Å²) in [5.74, 6) is 1.17. The van der Waals surface area contributed by atoms with E-state index in [1.54, 1.807) is 5.57 Å². The number of fused-ring (bicyclic) bond motifs is 1. The molecule has 1 spiro atoms. The van der Waals surface area contributed by atoms with Crippen LogP contribution in [0.15, 0.2) is 23.3 Å². The largest absolute Gasteiger partial charge is 0.392 e. The molecule has 3 N–H and O–H groups in total. The number of aliphatic hydroxyl groups is 3. The molecule has 0 radical (unpaired) electrons. The van der Waals surface area contributed by atoms with Crippen LogP contribution in [0.25, 0.3) is 0 Å². The van der Waals surface area contributed by atoms with Gasteiger partial charge < -0.3 is 20.1 Å². The van der Waals surface area contributed by atoms with Gasteiger partial charge in [0, 0.05) is 12.0 Å². The number of hydrogen-bond acceptors (Lipinski definition) is 4. The fourth-order valence-corrected chi connectivity index (χ4v) is 7.59. The van der Waals surface area contributed by atoms with Gasteiger partial charge in [-0.05, 0) is 101 Å². The molecule has 33 heavy (non-hydrogen) atoms.